The average Bonchev–Trinajstić information content (AvgIpc) is 2.75. The van der Waals surface area contributed by atoms with E-state index < -0.39 is 0 Å². The first kappa shape index (κ1) is 12.7. The Hall–Kier alpha value is -0.800. The van der Waals surface area contributed by atoms with E-state index in [2.05, 4.69) is 29.0 Å². The molecule has 1 aliphatic rings. The van der Waals surface area contributed by atoms with Crippen LogP contribution in [-0.2, 0) is 0 Å². The summed E-state index contributed by atoms with van der Waals surface area (Å²) in [5, 5.41) is 3.98. The number of nitrogens with zero attached hydrogens (tertiary/aromatic N) is 2. The van der Waals surface area contributed by atoms with E-state index in [9.17, 15) is 0 Å². The molecule has 0 spiro atoms. The summed E-state index contributed by atoms with van der Waals surface area (Å²) < 4.78 is 0. The van der Waals surface area contributed by atoms with Crippen molar-refractivity contribution in [1.29, 1.82) is 0 Å². The molecule has 17 heavy (non-hydrogen) atoms. The zero-order valence-corrected chi connectivity index (χ0v) is 11.2. The lowest BCUT2D eigenvalue weighted by atomic mass is 10.1. The minimum atomic E-state index is 0.547. The molecule has 1 atom stereocenters. The predicted molar refractivity (Wildman–Crippen MR) is 72.6 cm³/mol. The first-order valence-electron chi connectivity index (χ1n) is 6.24. The molecule has 1 aromatic rings. The van der Waals surface area contributed by atoms with Crippen LogP contribution in [0.3, 0.4) is 0 Å². The van der Waals surface area contributed by atoms with E-state index in [1.807, 2.05) is 12.1 Å². The quantitative estimate of drug-likeness (QED) is 0.837. The predicted octanol–water partition coefficient (Wildman–Crippen LogP) is 2.88. The maximum Gasteiger partial charge on any atom is 0.131 e. The summed E-state index contributed by atoms with van der Waals surface area (Å²) in [7, 11) is 0. The Bertz CT molecular complexity index is 367. The van der Waals surface area contributed by atoms with E-state index in [0.29, 0.717) is 11.2 Å². The number of hydrogen-bond acceptors (Lipinski definition) is 3. The van der Waals surface area contributed by atoms with Crippen LogP contribution < -0.4 is 5.32 Å². The highest BCUT2D eigenvalue weighted by Gasteiger charge is 2.23. The molecule has 0 bridgehead atoms. The monoisotopic (exact) mass is 253 g/mol. The van der Waals surface area contributed by atoms with Crippen molar-refractivity contribution in [3.63, 3.8) is 0 Å². The molecule has 0 saturated carbocycles. The van der Waals surface area contributed by atoms with Crippen LogP contribution >= 0.6 is 11.6 Å². The van der Waals surface area contributed by atoms with Gasteiger partial charge < -0.3 is 10.2 Å². The molecule has 0 aliphatic carbocycles. The van der Waals surface area contributed by atoms with Gasteiger partial charge in [0.2, 0.25) is 0 Å². The molecule has 1 fully saturated rings. The Kier molecular flexibility index (Phi) is 4.24. The molecule has 3 nitrogen and oxygen atoms in total. The third-order valence-electron chi connectivity index (χ3n) is 3.37. The lowest BCUT2D eigenvalue weighted by Gasteiger charge is -2.20. The Morgan fingerprint density at radius 2 is 2.41 bits per heavy atom. The molecule has 2 heterocycles. The van der Waals surface area contributed by atoms with Gasteiger partial charge in [-0.05, 0) is 44.9 Å². The van der Waals surface area contributed by atoms with Gasteiger partial charge in [0, 0.05) is 31.0 Å². The van der Waals surface area contributed by atoms with Crippen molar-refractivity contribution < 1.29 is 0 Å². The van der Waals surface area contributed by atoms with E-state index in [1.54, 1.807) is 6.20 Å². The van der Waals surface area contributed by atoms with E-state index >= 15 is 0 Å². The van der Waals surface area contributed by atoms with Crippen molar-refractivity contribution in [2.45, 2.75) is 26.3 Å². The fraction of sp³-hybridized carbons (Fsp3) is 0.615. The van der Waals surface area contributed by atoms with Crippen LogP contribution in [-0.4, -0.2) is 35.6 Å². The van der Waals surface area contributed by atoms with Crippen molar-refractivity contribution in [2.75, 3.05) is 25.0 Å². The summed E-state index contributed by atoms with van der Waals surface area (Å²) in [6.45, 7) is 7.96. The van der Waals surface area contributed by atoms with Crippen molar-refractivity contribution in [3.8, 4) is 0 Å². The SMILES string of the molecule is CC(C)N1CCC(CNc2ccnc(Cl)c2)C1. The first-order valence-corrected chi connectivity index (χ1v) is 6.62. The normalized spacial score (nSPS) is 21.1. The van der Waals surface area contributed by atoms with Gasteiger partial charge in [0.1, 0.15) is 5.15 Å². The second-order valence-electron chi connectivity index (χ2n) is 4.99. The second kappa shape index (κ2) is 5.69. The van der Waals surface area contributed by atoms with Gasteiger partial charge in [-0.3, -0.25) is 0 Å². The Balaban J connectivity index is 1.80. The Labute approximate surface area is 108 Å². The van der Waals surface area contributed by atoms with E-state index in [-0.39, 0.29) is 0 Å². The standard InChI is InChI=1S/C13H20ClN3/c1-10(2)17-6-4-11(9-17)8-16-12-3-5-15-13(14)7-12/h3,5,7,10-11H,4,6,8-9H2,1-2H3,(H,15,16). The zero-order valence-electron chi connectivity index (χ0n) is 10.5. The third-order valence-corrected chi connectivity index (χ3v) is 3.58. The maximum atomic E-state index is 5.85. The summed E-state index contributed by atoms with van der Waals surface area (Å²) in [5.74, 6) is 0.740. The zero-order chi connectivity index (χ0) is 12.3. The molecule has 4 heteroatoms. The van der Waals surface area contributed by atoms with Crippen molar-refractivity contribution >= 4 is 17.3 Å². The minimum absolute atomic E-state index is 0.547. The molecule has 1 saturated heterocycles. The van der Waals surface area contributed by atoms with Gasteiger partial charge in [-0.15, -0.1) is 0 Å². The molecule has 0 radical (unpaired) electrons. The average molecular weight is 254 g/mol. The number of likely N-dealkylation sites (tertiary alicyclic amines) is 1. The van der Waals surface area contributed by atoms with Gasteiger partial charge in [0.15, 0.2) is 0 Å². The third kappa shape index (κ3) is 3.58. The number of aromatic nitrogens is 1. The molecule has 0 amide bonds. The highest BCUT2D eigenvalue weighted by Crippen LogP contribution is 2.19. The Morgan fingerprint density at radius 3 is 3.06 bits per heavy atom. The second-order valence-corrected chi connectivity index (χ2v) is 5.38. The van der Waals surface area contributed by atoms with Crippen LogP contribution in [0.15, 0.2) is 18.3 Å². The molecule has 1 aliphatic heterocycles. The van der Waals surface area contributed by atoms with Crippen LogP contribution in [0, 0.1) is 5.92 Å². The maximum absolute atomic E-state index is 5.85. The largest absolute Gasteiger partial charge is 0.385 e. The summed E-state index contributed by atoms with van der Waals surface area (Å²) >= 11 is 5.85. The van der Waals surface area contributed by atoms with Crippen LogP contribution in [0.25, 0.3) is 0 Å². The number of pyridine rings is 1. The molecule has 1 N–H and O–H groups in total. The first-order chi connectivity index (χ1) is 8.15. The highest BCUT2D eigenvalue weighted by molar-refractivity contribution is 6.29. The van der Waals surface area contributed by atoms with Gasteiger partial charge in [-0.25, -0.2) is 4.98 Å². The number of nitrogens with one attached hydrogen (secondary N) is 1. The highest BCUT2D eigenvalue weighted by atomic mass is 35.5. The number of halogens is 1. The molecule has 2 rings (SSSR count). The smallest absolute Gasteiger partial charge is 0.131 e. The lowest BCUT2D eigenvalue weighted by molar-refractivity contribution is 0.266. The molecular formula is C13H20ClN3. The minimum Gasteiger partial charge on any atom is -0.385 e. The fourth-order valence-corrected chi connectivity index (χ4v) is 2.45. The van der Waals surface area contributed by atoms with Gasteiger partial charge in [-0.2, -0.15) is 0 Å². The van der Waals surface area contributed by atoms with Crippen molar-refractivity contribution in [1.82, 2.24) is 9.88 Å². The molecular weight excluding hydrogens is 234 g/mol. The van der Waals surface area contributed by atoms with Gasteiger partial charge >= 0.3 is 0 Å². The Morgan fingerprint density at radius 1 is 1.59 bits per heavy atom. The number of hydrogen-bond donors (Lipinski definition) is 1. The topological polar surface area (TPSA) is 28.2 Å². The summed E-state index contributed by atoms with van der Waals surface area (Å²) in [4.78, 5) is 6.51. The van der Waals surface area contributed by atoms with E-state index in [0.717, 1.165) is 18.2 Å². The lowest BCUT2D eigenvalue weighted by Crippen LogP contribution is -2.29. The van der Waals surface area contributed by atoms with Gasteiger partial charge in [0.05, 0.1) is 0 Å². The molecule has 1 aromatic heterocycles. The van der Waals surface area contributed by atoms with E-state index in [4.69, 9.17) is 11.6 Å². The van der Waals surface area contributed by atoms with Gasteiger partial charge in [0.25, 0.3) is 0 Å². The number of anilines is 1. The van der Waals surface area contributed by atoms with Crippen LogP contribution in [0.2, 0.25) is 5.15 Å². The van der Waals surface area contributed by atoms with Crippen LogP contribution in [0.5, 0.6) is 0 Å². The summed E-state index contributed by atoms with van der Waals surface area (Å²) in [6.07, 6.45) is 3.02. The van der Waals surface area contributed by atoms with Crippen LogP contribution in [0.4, 0.5) is 5.69 Å². The summed E-state index contributed by atoms with van der Waals surface area (Å²) in [5.41, 5.74) is 1.06. The van der Waals surface area contributed by atoms with Crippen LogP contribution in [0.1, 0.15) is 20.3 Å². The van der Waals surface area contributed by atoms with E-state index in [1.165, 1.54) is 19.5 Å². The molecule has 94 valence electrons. The van der Waals surface area contributed by atoms with Crippen molar-refractivity contribution in [3.05, 3.63) is 23.5 Å². The fourth-order valence-electron chi connectivity index (χ4n) is 2.27. The summed E-state index contributed by atoms with van der Waals surface area (Å²) in [6, 6.07) is 4.49. The van der Waals surface area contributed by atoms with Crippen molar-refractivity contribution in [2.24, 2.45) is 5.92 Å². The number of rotatable bonds is 4. The molecule has 0 aromatic carbocycles. The van der Waals surface area contributed by atoms with Gasteiger partial charge in [-0.1, -0.05) is 11.6 Å². The molecule has 1 unspecified atom stereocenters.